The third kappa shape index (κ3) is 2.42. The molecule has 2 rings (SSSR count). The van der Waals surface area contributed by atoms with Gasteiger partial charge in [-0.15, -0.1) is 0 Å². The number of nitrogens with zero attached hydrogens (tertiary/aromatic N) is 1. The number of carboxylic acid groups (broad SMARTS) is 2. The van der Waals surface area contributed by atoms with E-state index in [-0.39, 0.29) is 30.2 Å². The highest BCUT2D eigenvalue weighted by molar-refractivity contribution is 6.00. The molecule has 1 aromatic rings. The maximum Gasteiger partial charge on any atom is 0.339 e. The average Bonchev–Trinajstić information content (AvgIpc) is 2.80. The van der Waals surface area contributed by atoms with Crippen LogP contribution >= 0.6 is 0 Å². The van der Waals surface area contributed by atoms with E-state index in [9.17, 15) is 14.4 Å². The van der Waals surface area contributed by atoms with E-state index in [4.69, 9.17) is 14.9 Å². The number of carbonyl (C=O) groups is 3. The number of rotatable bonds is 4. The molecule has 0 aliphatic carbocycles. The summed E-state index contributed by atoms with van der Waals surface area (Å²) in [5, 5.41) is 18.0. The number of ether oxygens (including phenoxy) is 1. The van der Waals surface area contributed by atoms with Crippen LogP contribution in [0.5, 0.6) is 5.75 Å². The Kier molecular flexibility index (Phi) is 3.60. The third-order valence-electron chi connectivity index (χ3n) is 3.20. The lowest BCUT2D eigenvalue weighted by molar-refractivity contribution is -0.141. The summed E-state index contributed by atoms with van der Waals surface area (Å²) in [6, 6.07) is 4.29. The zero-order valence-corrected chi connectivity index (χ0v) is 10.7. The number of anilines is 1. The molecule has 1 aliphatic heterocycles. The number of aromatic carboxylic acids is 1. The first kappa shape index (κ1) is 13.9. The van der Waals surface area contributed by atoms with E-state index in [1.54, 1.807) is 0 Å². The van der Waals surface area contributed by atoms with Crippen molar-refractivity contribution in [3.8, 4) is 5.75 Å². The van der Waals surface area contributed by atoms with Crippen LogP contribution in [0.4, 0.5) is 5.69 Å². The van der Waals surface area contributed by atoms with Gasteiger partial charge in [0, 0.05) is 18.7 Å². The molecule has 0 spiro atoms. The molecule has 2 N–H and O–H groups in total. The van der Waals surface area contributed by atoms with E-state index in [1.165, 1.54) is 30.2 Å². The van der Waals surface area contributed by atoms with Gasteiger partial charge in [0.05, 0.1) is 13.0 Å². The normalized spacial score (nSPS) is 18.1. The van der Waals surface area contributed by atoms with Gasteiger partial charge in [0.1, 0.15) is 11.3 Å². The van der Waals surface area contributed by atoms with Crippen LogP contribution < -0.4 is 9.64 Å². The second-order valence-corrected chi connectivity index (χ2v) is 4.43. The maximum absolute atomic E-state index is 11.8. The topological polar surface area (TPSA) is 104 Å². The van der Waals surface area contributed by atoms with Gasteiger partial charge in [-0.3, -0.25) is 9.59 Å². The number of hydrogen-bond donors (Lipinski definition) is 2. The number of carbonyl (C=O) groups excluding carboxylic acids is 1. The molecular formula is C13H13NO6. The molecule has 0 aromatic heterocycles. The van der Waals surface area contributed by atoms with Gasteiger partial charge in [0.15, 0.2) is 0 Å². The van der Waals surface area contributed by atoms with Crippen molar-refractivity contribution in [1.82, 2.24) is 0 Å². The Hall–Kier alpha value is -2.57. The summed E-state index contributed by atoms with van der Waals surface area (Å²) in [5.74, 6) is -3.13. The standard InChI is InChI=1S/C13H13NO6/c1-20-10-3-2-8(5-9(10)13(18)19)14-6-7(12(16)17)4-11(14)15/h2-3,5,7H,4,6H2,1H3,(H,16,17)(H,18,19). The van der Waals surface area contributed by atoms with E-state index in [1.807, 2.05) is 0 Å². The molecule has 0 saturated carbocycles. The molecule has 106 valence electrons. The Bertz CT molecular complexity index is 582. The zero-order chi connectivity index (χ0) is 14.9. The first-order chi connectivity index (χ1) is 9.43. The molecule has 0 bridgehead atoms. The highest BCUT2D eigenvalue weighted by atomic mass is 16.5. The first-order valence-corrected chi connectivity index (χ1v) is 5.88. The molecule has 1 aliphatic rings. The SMILES string of the molecule is COc1ccc(N2CC(C(=O)O)CC2=O)cc1C(=O)O. The molecule has 1 amide bonds. The van der Waals surface area contributed by atoms with E-state index in [2.05, 4.69) is 0 Å². The minimum atomic E-state index is -1.18. The van der Waals surface area contributed by atoms with E-state index < -0.39 is 17.9 Å². The molecule has 0 radical (unpaired) electrons. The summed E-state index contributed by atoms with van der Waals surface area (Å²) in [4.78, 5) is 35.1. The van der Waals surface area contributed by atoms with Gasteiger partial charge < -0.3 is 19.8 Å². The third-order valence-corrected chi connectivity index (χ3v) is 3.20. The van der Waals surface area contributed by atoms with Crippen molar-refractivity contribution >= 4 is 23.5 Å². The highest BCUT2D eigenvalue weighted by Gasteiger charge is 2.35. The van der Waals surface area contributed by atoms with Crippen LogP contribution in [-0.4, -0.2) is 41.7 Å². The quantitative estimate of drug-likeness (QED) is 0.846. The number of amides is 1. The van der Waals surface area contributed by atoms with E-state index >= 15 is 0 Å². The fraction of sp³-hybridized carbons (Fsp3) is 0.308. The van der Waals surface area contributed by atoms with Crippen LogP contribution in [0.3, 0.4) is 0 Å². The van der Waals surface area contributed by atoms with E-state index in [0.717, 1.165) is 0 Å². The molecule has 1 aromatic carbocycles. The van der Waals surface area contributed by atoms with Crippen molar-refractivity contribution < 1.29 is 29.3 Å². The molecule has 20 heavy (non-hydrogen) atoms. The molecular weight excluding hydrogens is 266 g/mol. The van der Waals surface area contributed by atoms with Crippen LogP contribution in [0.25, 0.3) is 0 Å². The minimum absolute atomic E-state index is 0.0412. The van der Waals surface area contributed by atoms with Gasteiger partial charge in [-0.25, -0.2) is 4.79 Å². The van der Waals surface area contributed by atoms with Gasteiger partial charge in [-0.2, -0.15) is 0 Å². The predicted molar refractivity (Wildman–Crippen MR) is 68.0 cm³/mol. The Morgan fingerprint density at radius 3 is 2.55 bits per heavy atom. The predicted octanol–water partition coefficient (Wildman–Crippen LogP) is 0.831. The smallest absolute Gasteiger partial charge is 0.339 e. The average molecular weight is 279 g/mol. The highest BCUT2D eigenvalue weighted by Crippen LogP contribution is 2.29. The Balaban J connectivity index is 2.34. The van der Waals surface area contributed by atoms with Gasteiger partial charge in [0.2, 0.25) is 5.91 Å². The molecule has 1 heterocycles. The maximum atomic E-state index is 11.8. The van der Waals surface area contributed by atoms with Crippen molar-refractivity contribution in [2.75, 3.05) is 18.6 Å². The van der Waals surface area contributed by atoms with E-state index in [0.29, 0.717) is 5.69 Å². The lowest BCUT2D eigenvalue weighted by Gasteiger charge is -2.17. The molecule has 7 nitrogen and oxygen atoms in total. The van der Waals surface area contributed by atoms with Crippen molar-refractivity contribution in [2.45, 2.75) is 6.42 Å². The van der Waals surface area contributed by atoms with Gasteiger partial charge in [-0.1, -0.05) is 0 Å². The summed E-state index contributed by atoms with van der Waals surface area (Å²) in [6.45, 7) is 0.0412. The summed E-state index contributed by atoms with van der Waals surface area (Å²) in [6.07, 6.45) is -0.0796. The van der Waals surface area contributed by atoms with Crippen molar-refractivity contribution in [3.63, 3.8) is 0 Å². The number of benzene rings is 1. The minimum Gasteiger partial charge on any atom is -0.496 e. The van der Waals surface area contributed by atoms with Crippen molar-refractivity contribution in [1.29, 1.82) is 0 Å². The Morgan fingerprint density at radius 2 is 2.05 bits per heavy atom. The van der Waals surface area contributed by atoms with Gasteiger partial charge >= 0.3 is 11.9 Å². The molecule has 1 unspecified atom stereocenters. The van der Waals surface area contributed by atoms with Gasteiger partial charge in [-0.05, 0) is 18.2 Å². The number of carboxylic acids is 2. The van der Waals surface area contributed by atoms with Crippen LogP contribution in [-0.2, 0) is 9.59 Å². The summed E-state index contributed by atoms with van der Waals surface area (Å²) in [5.41, 5.74) is 0.286. The molecule has 7 heteroatoms. The zero-order valence-electron chi connectivity index (χ0n) is 10.7. The van der Waals surface area contributed by atoms with Crippen molar-refractivity contribution in [3.05, 3.63) is 23.8 Å². The van der Waals surface area contributed by atoms with Crippen LogP contribution in [0.2, 0.25) is 0 Å². The second-order valence-electron chi connectivity index (χ2n) is 4.43. The molecule has 1 fully saturated rings. The summed E-state index contributed by atoms with van der Waals surface area (Å²) >= 11 is 0. The summed E-state index contributed by atoms with van der Waals surface area (Å²) < 4.78 is 4.93. The fourth-order valence-corrected chi connectivity index (χ4v) is 2.15. The number of aliphatic carboxylic acids is 1. The van der Waals surface area contributed by atoms with Crippen molar-refractivity contribution in [2.24, 2.45) is 5.92 Å². The first-order valence-electron chi connectivity index (χ1n) is 5.88. The molecule has 1 saturated heterocycles. The lowest BCUT2D eigenvalue weighted by atomic mass is 10.1. The van der Waals surface area contributed by atoms with Crippen LogP contribution in [0, 0.1) is 5.92 Å². The summed E-state index contributed by atoms with van der Waals surface area (Å²) in [7, 11) is 1.35. The largest absolute Gasteiger partial charge is 0.496 e. The van der Waals surface area contributed by atoms with Crippen LogP contribution in [0.15, 0.2) is 18.2 Å². The lowest BCUT2D eigenvalue weighted by Crippen LogP contribution is -2.26. The second kappa shape index (κ2) is 5.20. The van der Waals surface area contributed by atoms with Gasteiger partial charge in [0.25, 0.3) is 0 Å². The fourth-order valence-electron chi connectivity index (χ4n) is 2.15. The monoisotopic (exact) mass is 279 g/mol. The van der Waals surface area contributed by atoms with Crippen LogP contribution in [0.1, 0.15) is 16.8 Å². The number of hydrogen-bond acceptors (Lipinski definition) is 4. The Labute approximate surface area is 114 Å². The Morgan fingerprint density at radius 1 is 1.35 bits per heavy atom. The molecule has 1 atom stereocenters. The number of methoxy groups -OCH3 is 1.